The zero-order valence-electron chi connectivity index (χ0n) is 14.6. The van der Waals surface area contributed by atoms with Crippen LogP contribution in [0.4, 0.5) is 5.13 Å². The van der Waals surface area contributed by atoms with Gasteiger partial charge < -0.3 is 9.80 Å². The summed E-state index contributed by atoms with van der Waals surface area (Å²) < 4.78 is 0. The van der Waals surface area contributed by atoms with Gasteiger partial charge in [-0.1, -0.05) is 25.5 Å². The van der Waals surface area contributed by atoms with Crippen LogP contribution in [-0.4, -0.2) is 42.0 Å². The van der Waals surface area contributed by atoms with Crippen LogP contribution in [0.25, 0.3) is 0 Å². The highest BCUT2D eigenvalue weighted by molar-refractivity contribution is 7.13. The summed E-state index contributed by atoms with van der Waals surface area (Å²) in [5.41, 5.74) is 1.42. The second-order valence-corrected chi connectivity index (χ2v) is 8.42. The van der Waals surface area contributed by atoms with Crippen LogP contribution in [0.15, 0.2) is 23.2 Å². The number of carbonyl (C=O) groups excluding carboxylic acids is 1. The van der Waals surface area contributed by atoms with Crippen LogP contribution >= 0.6 is 11.3 Å². The molecule has 1 aromatic heterocycles. The SMILES string of the molecule is CC(C)=C[C@H]1[C@H](C(=O)N2CCCN(c3nccs3)CC2)C1(C)C. The van der Waals surface area contributed by atoms with Crippen molar-refractivity contribution in [3.05, 3.63) is 23.2 Å². The monoisotopic (exact) mass is 333 g/mol. The van der Waals surface area contributed by atoms with E-state index in [9.17, 15) is 4.79 Å². The zero-order chi connectivity index (χ0) is 16.6. The summed E-state index contributed by atoms with van der Waals surface area (Å²) >= 11 is 1.68. The molecule has 4 nitrogen and oxygen atoms in total. The number of anilines is 1. The molecule has 2 heterocycles. The van der Waals surface area contributed by atoms with Crippen molar-refractivity contribution in [3.8, 4) is 0 Å². The Labute approximate surface area is 143 Å². The molecule has 23 heavy (non-hydrogen) atoms. The Morgan fingerprint density at radius 1 is 1.30 bits per heavy atom. The van der Waals surface area contributed by atoms with E-state index in [-0.39, 0.29) is 11.3 Å². The fraction of sp³-hybridized carbons (Fsp3) is 0.667. The van der Waals surface area contributed by atoms with Crippen molar-refractivity contribution in [3.63, 3.8) is 0 Å². The Morgan fingerprint density at radius 2 is 2.09 bits per heavy atom. The van der Waals surface area contributed by atoms with E-state index >= 15 is 0 Å². The van der Waals surface area contributed by atoms with Crippen LogP contribution in [0.2, 0.25) is 0 Å². The standard InChI is InChI=1S/C18H27N3OS/c1-13(2)12-14-15(18(14,3)4)16(22)20-7-5-8-21(10-9-20)17-19-6-11-23-17/h6,11-12,14-15H,5,7-10H2,1-4H3/t14-,15+/m0/s1. The topological polar surface area (TPSA) is 36.4 Å². The van der Waals surface area contributed by atoms with E-state index < -0.39 is 0 Å². The van der Waals surface area contributed by atoms with Gasteiger partial charge in [0.25, 0.3) is 0 Å². The Hall–Kier alpha value is -1.36. The molecule has 0 aromatic carbocycles. The first-order chi connectivity index (χ1) is 10.9. The number of nitrogens with zero attached hydrogens (tertiary/aromatic N) is 3. The molecule has 126 valence electrons. The summed E-state index contributed by atoms with van der Waals surface area (Å²) in [7, 11) is 0. The predicted molar refractivity (Wildman–Crippen MR) is 95.7 cm³/mol. The lowest BCUT2D eigenvalue weighted by atomic mass is 10.1. The van der Waals surface area contributed by atoms with Gasteiger partial charge >= 0.3 is 0 Å². The van der Waals surface area contributed by atoms with Gasteiger partial charge in [0, 0.05) is 37.8 Å². The van der Waals surface area contributed by atoms with E-state index in [1.807, 2.05) is 11.6 Å². The maximum Gasteiger partial charge on any atom is 0.226 e. The number of aromatic nitrogens is 1. The number of rotatable bonds is 3. The summed E-state index contributed by atoms with van der Waals surface area (Å²) in [6.07, 6.45) is 5.15. The first kappa shape index (κ1) is 16.5. The molecule has 0 spiro atoms. The average Bonchev–Trinajstić information content (AvgIpc) is 2.81. The molecule has 0 bridgehead atoms. The van der Waals surface area contributed by atoms with E-state index in [0.717, 1.165) is 37.7 Å². The lowest BCUT2D eigenvalue weighted by molar-refractivity contribution is -0.133. The Kier molecular flexibility index (Phi) is 4.50. The Morgan fingerprint density at radius 3 is 2.74 bits per heavy atom. The van der Waals surface area contributed by atoms with Crippen LogP contribution in [0, 0.1) is 17.3 Å². The molecule has 0 N–H and O–H groups in total. The molecule has 2 fully saturated rings. The maximum absolute atomic E-state index is 13.0. The van der Waals surface area contributed by atoms with Gasteiger partial charge in [-0.05, 0) is 31.6 Å². The first-order valence-corrected chi connectivity index (χ1v) is 9.37. The van der Waals surface area contributed by atoms with Gasteiger partial charge in [-0.25, -0.2) is 4.98 Å². The van der Waals surface area contributed by atoms with Crippen molar-refractivity contribution in [1.82, 2.24) is 9.88 Å². The summed E-state index contributed by atoms with van der Waals surface area (Å²) in [4.78, 5) is 21.8. The van der Waals surface area contributed by atoms with Crippen molar-refractivity contribution in [2.75, 3.05) is 31.1 Å². The highest BCUT2D eigenvalue weighted by Gasteiger charge is 2.61. The van der Waals surface area contributed by atoms with Crippen molar-refractivity contribution < 1.29 is 4.79 Å². The minimum atomic E-state index is 0.107. The highest BCUT2D eigenvalue weighted by atomic mass is 32.1. The summed E-state index contributed by atoms with van der Waals surface area (Å²) in [5, 5.41) is 3.09. The quantitative estimate of drug-likeness (QED) is 0.795. The van der Waals surface area contributed by atoms with Crippen LogP contribution in [0.1, 0.15) is 34.1 Å². The second kappa shape index (κ2) is 6.27. The van der Waals surface area contributed by atoms with Gasteiger partial charge in [0.2, 0.25) is 5.91 Å². The molecule has 5 heteroatoms. The first-order valence-electron chi connectivity index (χ1n) is 8.49. The molecule has 1 aliphatic heterocycles. The molecule has 1 aliphatic carbocycles. The van der Waals surface area contributed by atoms with E-state index in [4.69, 9.17) is 0 Å². The van der Waals surface area contributed by atoms with E-state index in [0.29, 0.717) is 11.8 Å². The normalized spacial score (nSPS) is 26.6. The van der Waals surface area contributed by atoms with Crippen molar-refractivity contribution >= 4 is 22.4 Å². The fourth-order valence-corrected chi connectivity index (χ4v) is 4.41. The van der Waals surface area contributed by atoms with Crippen molar-refractivity contribution in [1.29, 1.82) is 0 Å². The van der Waals surface area contributed by atoms with Crippen molar-refractivity contribution in [2.24, 2.45) is 17.3 Å². The Balaban J connectivity index is 1.64. The molecule has 2 atom stereocenters. The summed E-state index contributed by atoms with van der Waals surface area (Å²) in [6.45, 7) is 12.2. The largest absolute Gasteiger partial charge is 0.346 e. The van der Waals surface area contributed by atoms with Crippen molar-refractivity contribution in [2.45, 2.75) is 34.1 Å². The molecule has 3 rings (SSSR count). The average molecular weight is 334 g/mol. The van der Waals surface area contributed by atoms with E-state index in [1.54, 1.807) is 11.3 Å². The van der Waals surface area contributed by atoms with Gasteiger partial charge in [0.15, 0.2) is 5.13 Å². The third kappa shape index (κ3) is 3.30. The van der Waals surface area contributed by atoms with Gasteiger partial charge in [-0.3, -0.25) is 4.79 Å². The molecular weight excluding hydrogens is 306 g/mol. The molecule has 1 saturated heterocycles. The zero-order valence-corrected chi connectivity index (χ0v) is 15.4. The fourth-order valence-electron chi connectivity index (χ4n) is 3.72. The van der Waals surface area contributed by atoms with Gasteiger partial charge in [-0.15, -0.1) is 11.3 Å². The van der Waals surface area contributed by atoms with Gasteiger partial charge in [0.05, 0.1) is 5.92 Å². The molecule has 2 aliphatic rings. The number of carbonyl (C=O) groups is 1. The number of hydrogen-bond donors (Lipinski definition) is 0. The highest BCUT2D eigenvalue weighted by Crippen LogP contribution is 2.60. The second-order valence-electron chi connectivity index (χ2n) is 7.55. The molecule has 0 radical (unpaired) electrons. The third-order valence-electron chi connectivity index (χ3n) is 5.19. The van der Waals surface area contributed by atoms with Crippen LogP contribution < -0.4 is 4.90 Å². The molecule has 1 aromatic rings. The summed E-state index contributed by atoms with van der Waals surface area (Å²) in [6, 6.07) is 0. The number of hydrogen-bond acceptors (Lipinski definition) is 4. The summed E-state index contributed by atoms with van der Waals surface area (Å²) in [5.74, 6) is 0.903. The Bertz CT molecular complexity index is 589. The lowest BCUT2D eigenvalue weighted by Crippen LogP contribution is -2.37. The third-order valence-corrected chi connectivity index (χ3v) is 6.02. The number of allylic oxidation sites excluding steroid dienone is 2. The minimum absolute atomic E-state index is 0.107. The molecule has 1 amide bonds. The van der Waals surface area contributed by atoms with Crippen LogP contribution in [0.5, 0.6) is 0 Å². The molecular formula is C18H27N3OS. The predicted octanol–water partition coefficient (Wildman–Crippen LogP) is 3.42. The van der Waals surface area contributed by atoms with Crippen LogP contribution in [-0.2, 0) is 4.79 Å². The minimum Gasteiger partial charge on any atom is -0.346 e. The molecule has 0 unspecified atom stereocenters. The van der Waals surface area contributed by atoms with Gasteiger partial charge in [-0.2, -0.15) is 0 Å². The lowest BCUT2D eigenvalue weighted by Gasteiger charge is -2.22. The van der Waals surface area contributed by atoms with Gasteiger partial charge in [0.1, 0.15) is 0 Å². The van der Waals surface area contributed by atoms with E-state index in [1.165, 1.54) is 5.57 Å². The number of amides is 1. The van der Waals surface area contributed by atoms with Crippen LogP contribution in [0.3, 0.4) is 0 Å². The number of thiazole rings is 1. The smallest absolute Gasteiger partial charge is 0.226 e. The van der Waals surface area contributed by atoms with E-state index in [2.05, 4.69) is 48.6 Å². The molecule has 1 saturated carbocycles. The maximum atomic E-state index is 13.0.